The molecule has 1 aliphatic rings. The molecule has 1 N–H and O–H groups in total. The van der Waals surface area contributed by atoms with Crippen LogP contribution in [0.4, 0.5) is 5.13 Å². The van der Waals surface area contributed by atoms with Crippen LogP contribution in [-0.4, -0.2) is 29.5 Å². The zero-order valence-corrected chi connectivity index (χ0v) is 10.1. The lowest BCUT2D eigenvalue weighted by molar-refractivity contribution is -0.105. The zero-order chi connectivity index (χ0) is 12.8. The number of anilines is 1. The molecular formula is C11H10N3O3S. The molecule has 0 saturated heterocycles. The number of nitrogens with one attached hydrogen (secondary N) is 1. The van der Waals surface area contributed by atoms with Gasteiger partial charge < -0.3 is 10.2 Å². The van der Waals surface area contributed by atoms with Crippen molar-refractivity contribution in [2.75, 3.05) is 5.32 Å². The number of thiazole rings is 1. The summed E-state index contributed by atoms with van der Waals surface area (Å²) in [5.41, 5.74) is 0.326. The lowest BCUT2D eigenvalue weighted by atomic mass is 10.3. The second kappa shape index (κ2) is 6.06. The predicted octanol–water partition coefficient (Wildman–Crippen LogP) is 1.26. The van der Waals surface area contributed by atoms with E-state index in [2.05, 4.69) is 15.5 Å². The Morgan fingerprint density at radius 3 is 3.28 bits per heavy atom. The predicted molar refractivity (Wildman–Crippen MR) is 67.3 cm³/mol. The molecule has 1 aromatic heterocycles. The maximum Gasteiger partial charge on any atom is 0.259 e. The van der Waals surface area contributed by atoms with Gasteiger partial charge >= 0.3 is 0 Å². The molecule has 6 nitrogen and oxygen atoms in total. The van der Waals surface area contributed by atoms with E-state index in [1.165, 1.54) is 11.3 Å². The minimum absolute atomic E-state index is 0.00880. The van der Waals surface area contributed by atoms with E-state index in [9.17, 15) is 9.59 Å². The summed E-state index contributed by atoms with van der Waals surface area (Å²) in [7, 11) is 0. The number of aromatic nitrogens is 1. The molecule has 1 aliphatic carbocycles. The molecule has 0 fully saturated rings. The average Bonchev–Trinajstić information content (AvgIpc) is 3.02. The number of allylic oxidation sites excluding steroid dienone is 1. The molecule has 1 amide bonds. The molecule has 1 heterocycles. The van der Waals surface area contributed by atoms with Crippen molar-refractivity contribution in [1.82, 2.24) is 4.98 Å². The minimum atomic E-state index is -0.0976. The Morgan fingerprint density at radius 2 is 2.61 bits per heavy atom. The summed E-state index contributed by atoms with van der Waals surface area (Å²) in [5, 5.41) is 8.12. The van der Waals surface area contributed by atoms with Gasteiger partial charge in [0.2, 0.25) is 6.41 Å². The van der Waals surface area contributed by atoms with Crippen molar-refractivity contribution in [1.29, 1.82) is 0 Å². The summed E-state index contributed by atoms with van der Waals surface area (Å²) in [6, 6.07) is 0. The van der Waals surface area contributed by atoms with Gasteiger partial charge in [-0.05, 0) is 18.9 Å². The fourth-order valence-electron chi connectivity index (χ4n) is 1.43. The number of amides is 1. The van der Waals surface area contributed by atoms with Gasteiger partial charge in [-0.1, -0.05) is 11.2 Å². The van der Waals surface area contributed by atoms with Crippen LogP contribution in [0.5, 0.6) is 0 Å². The van der Waals surface area contributed by atoms with Crippen LogP contribution in [0.1, 0.15) is 18.5 Å². The third-order valence-electron chi connectivity index (χ3n) is 2.27. The van der Waals surface area contributed by atoms with Crippen molar-refractivity contribution >= 4 is 34.9 Å². The van der Waals surface area contributed by atoms with Crippen LogP contribution in [0.2, 0.25) is 0 Å². The Bertz CT molecular complexity index is 495. The molecule has 0 aliphatic heterocycles. The standard InChI is InChI=1S/C11H10N3O3S/c15-5-9(14-17-8-3-1-2-4-8)10-6-18-11(13-10)12-7-16/h1,3,6-8H,2,4H2,(H,12,13,16). The monoisotopic (exact) mass is 264 g/mol. The number of rotatable bonds is 6. The fraction of sp³-hybridized carbons (Fsp3) is 0.273. The van der Waals surface area contributed by atoms with Crippen LogP contribution >= 0.6 is 11.3 Å². The van der Waals surface area contributed by atoms with Crippen molar-refractivity contribution in [3.63, 3.8) is 0 Å². The molecule has 1 unspecified atom stereocenters. The van der Waals surface area contributed by atoms with E-state index in [4.69, 9.17) is 4.84 Å². The van der Waals surface area contributed by atoms with E-state index >= 15 is 0 Å². The minimum Gasteiger partial charge on any atom is -0.388 e. The number of oxime groups is 1. The van der Waals surface area contributed by atoms with Gasteiger partial charge in [-0.2, -0.15) is 0 Å². The van der Waals surface area contributed by atoms with E-state index < -0.39 is 0 Å². The van der Waals surface area contributed by atoms with Crippen LogP contribution in [0, 0.1) is 0 Å². The molecular weight excluding hydrogens is 254 g/mol. The lowest BCUT2D eigenvalue weighted by Crippen LogP contribution is -2.08. The number of carbonyl (C=O) groups excluding carboxylic acids is 2. The second-order valence-corrected chi connectivity index (χ2v) is 4.35. The van der Waals surface area contributed by atoms with E-state index in [0.29, 0.717) is 17.2 Å². The molecule has 0 aromatic carbocycles. The smallest absolute Gasteiger partial charge is 0.259 e. The van der Waals surface area contributed by atoms with Crippen LogP contribution in [0.3, 0.4) is 0 Å². The van der Waals surface area contributed by atoms with Gasteiger partial charge in [-0.15, -0.1) is 11.3 Å². The normalized spacial score (nSPS) is 18.7. The summed E-state index contributed by atoms with van der Waals surface area (Å²) in [4.78, 5) is 30.2. The third kappa shape index (κ3) is 3.01. The number of carbonyl (C=O) groups is 1. The maximum absolute atomic E-state index is 10.8. The van der Waals surface area contributed by atoms with Crippen LogP contribution in [0.25, 0.3) is 0 Å². The topological polar surface area (TPSA) is 80.6 Å². The van der Waals surface area contributed by atoms with Gasteiger partial charge in [0, 0.05) is 5.38 Å². The Morgan fingerprint density at radius 1 is 1.72 bits per heavy atom. The van der Waals surface area contributed by atoms with Crippen molar-refractivity contribution in [2.45, 2.75) is 18.9 Å². The van der Waals surface area contributed by atoms with Gasteiger partial charge in [-0.3, -0.25) is 9.59 Å². The SMILES string of the molecule is O=[C]C(=NOC1C=CCC1)c1csc(NC=O)n1. The van der Waals surface area contributed by atoms with Gasteiger partial charge in [0.1, 0.15) is 11.8 Å². The molecule has 1 aromatic rings. The summed E-state index contributed by atoms with van der Waals surface area (Å²) < 4.78 is 0. The summed E-state index contributed by atoms with van der Waals surface area (Å²) in [6.45, 7) is 0. The first-order valence-corrected chi connectivity index (χ1v) is 6.16. The summed E-state index contributed by atoms with van der Waals surface area (Å²) in [5.74, 6) is 0. The number of hydrogen-bond donors (Lipinski definition) is 1. The molecule has 1 atom stereocenters. The third-order valence-corrected chi connectivity index (χ3v) is 3.05. The Hall–Kier alpha value is -2.02. The highest BCUT2D eigenvalue weighted by Gasteiger charge is 2.13. The first-order chi connectivity index (χ1) is 8.83. The van der Waals surface area contributed by atoms with E-state index in [1.54, 1.807) is 11.7 Å². The van der Waals surface area contributed by atoms with E-state index in [0.717, 1.165) is 12.8 Å². The van der Waals surface area contributed by atoms with Crippen molar-refractivity contribution in [2.24, 2.45) is 5.16 Å². The van der Waals surface area contributed by atoms with Crippen molar-refractivity contribution < 1.29 is 14.4 Å². The van der Waals surface area contributed by atoms with E-state index in [1.807, 2.05) is 12.2 Å². The van der Waals surface area contributed by atoms with Gasteiger partial charge in [0.05, 0.1) is 0 Å². The highest BCUT2D eigenvalue weighted by Crippen LogP contribution is 2.16. The average molecular weight is 264 g/mol. The quantitative estimate of drug-likeness (QED) is 0.363. The van der Waals surface area contributed by atoms with Crippen molar-refractivity contribution in [3.8, 4) is 0 Å². The highest BCUT2D eigenvalue weighted by atomic mass is 32.1. The molecule has 18 heavy (non-hydrogen) atoms. The zero-order valence-electron chi connectivity index (χ0n) is 9.33. The molecule has 0 bridgehead atoms. The fourth-order valence-corrected chi connectivity index (χ4v) is 2.08. The first kappa shape index (κ1) is 12.4. The number of hydrogen-bond acceptors (Lipinski definition) is 6. The van der Waals surface area contributed by atoms with Crippen LogP contribution in [-0.2, 0) is 14.4 Å². The molecule has 0 saturated carbocycles. The molecule has 2 rings (SSSR count). The Kier molecular flexibility index (Phi) is 4.19. The molecule has 1 radical (unpaired) electrons. The largest absolute Gasteiger partial charge is 0.388 e. The van der Waals surface area contributed by atoms with Gasteiger partial charge in [0.15, 0.2) is 10.8 Å². The Balaban J connectivity index is 2.05. The molecule has 7 heteroatoms. The first-order valence-electron chi connectivity index (χ1n) is 5.28. The lowest BCUT2D eigenvalue weighted by Gasteiger charge is -2.04. The van der Waals surface area contributed by atoms with Gasteiger partial charge in [0.25, 0.3) is 6.29 Å². The number of nitrogens with zero attached hydrogens (tertiary/aromatic N) is 2. The summed E-state index contributed by atoms with van der Waals surface area (Å²) in [6.07, 6.45) is 7.79. The molecule has 0 spiro atoms. The summed E-state index contributed by atoms with van der Waals surface area (Å²) >= 11 is 1.19. The maximum atomic E-state index is 10.8. The Labute approximate surface area is 107 Å². The highest BCUT2D eigenvalue weighted by molar-refractivity contribution is 7.14. The second-order valence-electron chi connectivity index (χ2n) is 3.49. The van der Waals surface area contributed by atoms with Crippen molar-refractivity contribution in [3.05, 3.63) is 23.2 Å². The van der Waals surface area contributed by atoms with Crippen LogP contribution < -0.4 is 5.32 Å². The van der Waals surface area contributed by atoms with E-state index in [-0.39, 0.29) is 11.8 Å². The van der Waals surface area contributed by atoms with Crippen LogP contribution in [0.15, 0.2) is 22.7 Å². The van der Waals surface area contributed by atoms with Gasteiger partial charge in [-0.25, -0.2) is 4.98 Å². The molecule has 93 valence electrons.